The van der Waals surface area contributed by atoms with Gasteiger partial charge in [0.1, 0.15) is 6.73 Å². The van der Waals surface area contributed by atoms with Gasteiger partial charge in [-0.1, -0.05) is 39.1 Å². The van der Waals surface area contributed by atoms with Gasteiger partial charge in [0, 0.05) is 45.1 Å². The maximum Gasteiger partial charge on any atom is 0.158 e. The number of rotatable bonds is 13. The summed E-state index contributed by atoms with van der Waals surface area (Å²) in [5.41, 5.74) is 3.21. The molecular weight excluding hydrogens is 472 g/mol. The van der Waals surface area contributed by atoms with E-state index < -0.39 is 25.9 Å². The monoisotopic (exact) mass is 514 g/mol. The first-order valence-corrected chi connectivity index (χ1v) is 16.7. The van der Waals surface area contributed by atoms with E-state index in [1.54, 1.807) is 4.68 Å². The molecule has 1 aliphatic heterocycles. The summed E-state index contributed by atoms with van der Waals surface area (Å²) in [4.78, 5) is 16.9. The molecule has 0 radical (unpaired) electrons. The Morgan fingerprint density at radius 3 is 2.64 bits per heavy atom. The van der Waals surface area contributed by atoms with Crippen molar-refractivity contribution in [3.63, 3.8) is 0 Å². The average Bonchev–Trinajstić information content (AvgIpc) is 3.27. The van der Waals surface area contributed by atoms with Crippen LogP contribution in [-0.2, 0) is 22.7 Å². The molecule has 0 fully saturated rings. The van der Waals surface area contributed by atoms with Crippen LogP contribution in [0.25, 0.3) is 5.57 Å². The molecule has 0 aromatic carbocycles. The van der Waals surface area contributed by atoms with E-state index in [-0.39, 0.29) is 6.73 Å². The number of ether oxygens (including phenoxy) is 1. The SMILES string of the molecule is CCC[C@H](C(=O)[O-])[C@H](Cc1ccc(C2=CC[N+](C)(C)CC2)nc1)c1nnnn1COCC[Si](C)(C)C. The minimum absolute atomic E-state index is 0.204. The van der Waals surface area contributed by atoms with Crippen LogP contribution < -0.4 is 5.11 Å². The molecule has 2 atom stereocenters. The van der Waals surface area contributed by atoms with Crippen molar-refractivity contribution in [2.45, 2.75) is 70.9 Å². The highest BCUT2D eigenvalue weighted by atomic mass is 28.3. The third-order valence-corrected chi connectivity index (χ3v) is 8.62. The van der Waals surface area contributed by atoms with Gasteiger partial charge < -0.3 is 19.1 Å². The number of quaternary nitrogens is 1. The first-order valence-electron chi connectivity index (χ1n) is 13.0. The molecule has 2 aromatic rings. The van der Waals surface area contributed by atoms with Crippen molar-refractivity contribution in [2.24, 2.45) is 5.92 Å². The van der Waals surface area contributed by atoms with E-state index in [9.17, 15) is 9.90 Å². The molecule has 0 unspecified atom stereocenters. The van der Waals surface area contributed by atoms with E-state index in [1.807, 2.05) is 25.3 Å². The first kappa shape index (κ1) is 28.1. The predicted octanol–water partition coefficient (Wildman–Crippen LogP) is 2.74. The van der Waals surface area contributed by atoms with Gasteiger partial charge in [0.25, 0.3) is 0 Å². The minimum Gasteiger partial charge on any atom is -0.550 e. The molecule has 0 amide bonds. The number of hydrogen-bond acceptors (Lipinski definition) is 7. The maximum atomic E-state index is 12.2. The zero-order valence-electron chi connectivity index (χ0n) is 22.7. The highest BCUT2D eigenvalue weighted by Crippen LogP contribution is 2.31. The molecule has 0 aliphatic carbocycles. The Bertz CT molecular complexity index is 1030. The zero-order valence-corrected chi connectivity index (χ0v) is 23.7. The van der Waals surface area contributed by atoms with E-state index >= 15 is 0 Å². The Morgan fingerprint density at radius 2 is 2.06 bits per heavy atom. The van der Waals surface area contributed by atoms with Crippen LogP contribution in [-0.4, -0.2) is 77.5 Å². The van der Waals surface area contributed by atoms with Gasteiger partial charge in [0.05, 0.1) is 32.9 Å². The quantitative estimate of drug-likeness (QED) is 0.230. The molecule has 198 valence electrons. The number of hydrogen-bond donors (Lipinski definition) is 0. The Labute approximate surface area is 216 Å². The third-order valence-electron chi connectivity index (χ3n) is 6.92. The van der Waals surface area contributed by atoms with Crippen molar-refractivity contribution in [3.8, 4) is 0 Å². The largest absolute Gasteiger partial charge is 0.550 e. The minimum atomic E-state index is -1.22. The average molecular weight is 515 g/mol. The van der Waals surface area contributed by atoms with Crippen LogP contribution in [0.2, 0.25) is 25.7 Å². The second kappa shape index (κ2) is 12.2. The smallest absolute Gasteiger partial charge is 0.158 e. The van der Waals surface area contributed by atoms with E-state index in [2.05, 4.69) is 55.3 Å². The van der Waals surface area contributed by atoms with Crippen molar-refractivity contribution in [2.75, 3.05) is 33.8 Å². The number of nitrogens with zero attached hydrogens (tertiary/aromatic N) is 6. The van der Waals surface area contributed by atoms with Crippen molar-refractivity contribution < 1.29 is 19.1 Å². The van der Waals surface area contributed by atoms with Gasteiger partial charge in [-0.3, -0.25) is 4.98 Å². The first-order chi connectivity index (χ1) is 17.0. The molecule has 3 heterocycles. The number of carboxylic acid groups (broad SMARTS) is 1. The van der Waals surface area contributed by atoms with Crippen molar-refractivity contribution >= 4 is 19.6 Å². The fourth-order valence-corrected chi connectivity index (χ4v) is 5.26. The van der Waals surface area contributed by atoms with Crippen LogP contribution >= 0.6 is 0 Å². The summed E-state index contributed by atoms with van der Waals surface area (Å²) >= 11 is 0. The van der Waals surface area contributed by atoms with Gasteiger partial charge in [-0.15, -0.1) is 5.10 Å². The predicted molar refractivity (Wildman–Crippen MR) is 140 cm³/mol. The summed E-state index contributed by atoms with van der Waals surface area (Å²) in [7, 11) is 3.25. The summed E-state index contributed by atoms with van der Waals surface area (Å²) in [6.45, 7) is 11.8. The molecule has 36 heavy (non-hydrogen) atoms. The van der Waals surface area contributed by atoms with Crippen LogP contribution in [0, 0.1) is 5.92 Å². The fraction of sp³-hybridized carbons (Fsp3) is 0.654. The lowest BCUT2D eigenvalue weighted by atomic mass is 9.83. The highest BCUT2D eigenvalue weighted by Gasteiger charge is 2.30. The van der Waals surface area contributed by atoms with Gasteiger partial charge in [0.2, 0.25) is 0 Å². The lowest BCUT2D eigenvalue weighted by Crippen LogP contribution is -2.42. The Kier molecular flexibility index (Phi) is 9.54. The highest BCUT2D eigenvalue weighted by molar-refractivity contribution is 6.76. The molecule has 9 nitrogen and oxygen atoms in total. The number of carbonyl (C=O) groups excluding carboxylic acids is 1. The lowest BCUT2D eigenvalue weighted by Gasteiger charge is -2.32. The fourth-order valence-electron chi connectivity index (χ4n) is 4.50. The van der Waals surface area contributed by atoms with Gasteiger partial charge in [-0.25, -0.2) is 4.68 Å². The van der Waals surface area contributed by atoms with Gasteiger partial charge in [0.15, 0.2) is 5.82 Å². The molecular formula is C26H42N6O3Si. The second-order valence-electron chi connectivity index (χ2n) is 11.8. The van der Waals surface area contributed by atoms with Crippen molar-refractivity contribution in [3.05, 3.63) is 41.5 Å². The van der Waals surface area contributed by atoms with Crippen LogP contribution in [0.15, 0.2) is 24.4 Å². The molecule has 2 aromatic heterocycles. The van der Waals surface area contributed by atoms with Crippen LogP contribution in [0.5, 0.6) is 0 Å². The van der Waals surface area contributed by atoms with Gasteiger partial charge in [-0.2, -0.15) is 0 Å². The molecule has 0 saturated carbocycles. The number of pyridine rings is 1. The number of likely N-dealkylation sites (N-methyl/N-ethyl adjacent to an activating group) is 1. The van der Waals surface area contributed by atoms with E-state index in [1.165, 1.54) is 5.57 Å². The topological polar surface area (TPSA) is 106 Å². The van der Waals surface area contributed by atoms with Crippen LogP contribution in [0.1, 0.15) is 49.2 Å². The number of aliphatic carboxylic acids is 1. The number of tetrazole rings is 1. The molecule has 3 rings (SSSR count). The molecule has 0 bridgehead atoms. The Morgan fingerprint density at radius 1 is 1.28 bits per heavy atom. The second-order valence-corrected chi connectivity index (χ2v) is 17.4. The molecule has 10 heteroatoms. The Balaban J connectivity index is 1.79. The zero-order chi connectivity index (χ0) is 26.3. The standard InChI is InChI=1S/C26H42N6O3Si/c1-7-8-22(26(33)34)23(25-28-29-30-31(25)19-35-15-16-36(4,5)6)17-20-9-10-24(27-18-20)21-11-13-32(2,3)14-12-21/h9-11,18,22-23H,7-8,12-17,19H2,1-6H3/t22-,23-/m0/s1. The molecule has 0 saturated heterocycles. The van der Waals surface area contributed by atoms with Crippen molar-refractivity contribution in [1.82, 2.24) is 25.2 Å². The third kappa shape index (κ3) is 8.04. The summed E-state index contributed by atoms with van der Waals surface area (Å²) in [5.74, 6) is -1.70. The van der Waals surface area contributed by atoms with Crippen LogP contribution in [0.3, 0.4) is 0 Å². The summed E-state index contributed by atoms with van der Waals surface area (Å²) < 4.78 is 8.45. The van der Waals surface area contributed by atoms with E-state index in [0.717, 1.165) is 47.7 Å². The lowest BCUT2D eigenvalue weighted by molar-refractivity contribution is -0.885. The van der Waals surface area contributed by atoms with E-state index in [4.69, 9.17) is 9.72 Å². The Hall–Kier alpha value is -2.43. The molecule has 1 aliphatic rings. The molecule has 0 spiro atoms. The summed E-state index contributed by atoms with van der Waals surface area (Å²) in [6.07, 6.45) is 6.81. The van der Waals surface area contributed by atoms with E-state index in [0.29, 0.717) is 25.3 Å². The number of carbonyl (C=O) groups is 1. The number of carboxylic acids is 1. The van der Waals surface area contributed by atoms with Crippen LogP contribution in [0.4, 0.5) is 0 Å². The maximum absolute atomic E-state index is 12.2. The summed E-state index contributed by atoms with van der Waals surface area (Å²) in [5, 5.41) is 24.4. The summed E-state index contributed by atoms with van der Waals surface area (Å²) in [6, 6.07) is 5.12. The molecule has 0 N–H and O–H groups in total. The van der Waals surface area contributed by atoms with Gasteiger partial charge >= 0.3 is 0 Å². The van der Waals surface area contributed by atoms with Crippen molar-refractivity contribution in [1.29, 1.82) is 0 Å². The number of aromatic nitrogens is 5. The normalized spacial score (nSPS) is 17.4. The van der Waals surface area contributed by atoms with Gasteiger partial charge in [-0.05, 0) is 52.6 Å².